The number of pyridine rings is 3. The highest BCUT2D eigenvalue weighted by Gasteiger charge is 2.18. The summed E-state index contributed by atoms with van der Waals surface area (Å²) in [6.07, 6.45) is 5.60. The maximum atomic E-state index is 4.97. The van der Waals surface area contributed by atoms with Gasteiger partial charge >= 0.3 is 0 Å². The Kier molecular flexibility index (Phi) is 3.34. The summed E-state index contributed by atoms with van der Waals surface area (Å²) in [5, 5.41) is 5.76. The zero-order valence-electron chi connectivity index (χ0n) is 18.1. The van der Waals surface area contributed by atoms with Crippen LogP contribution >= 0.6 is 0 Å². The lowest BCUT2D eigenvalue weighted by Crippen LogP contribution is -1.95. The highest BCUT2D eigenvalue weighted by atomic mass is 15.1. The van der Waals surface area contributed by atoms with Crippen molar-refractivity contribution in [3.63, 3.8) is 0 Å². The van der Waals surface area contributed by atoms with Gasteiger partial charge in [0.15, 0.2) is 5.65 Å². The molecule has 5 aromatic heterocycles. The second-order valence-electron chi connectivity index (χ2n) is 8.61. The van der Waals surface area contributed by atoms with Crippen LogP contribution in [0.2, 0.25) is 0 Å². The number of imidazole rings is 1. The molecule has 0 amide bonds. The first kappa shape index (κ1) is 17.7. The average Bonchev–Trinajstić information content (AvgIpc) is 3.44. The van der Waals surface area contributed by atoms with Gasteiger partial charge in [0.1, 0.15) is 5.65 Å². The lowest BCUT2D eigenvalue weighted by atomic mass is 10.0. The van der Waals surface area contributed by atoms with E-state index >= 15 is 0 Å². The van der Waals surface area contributed by atoms with E-state index in [0.717, 1.165) is 44.2 Å². The van der Waals surface area contributed by atoms with Crippen molar-refractivity contribution in [2.45, 2.75) is 0 Å². The molecule has 0 spiro atoms. The standard InChI is InChI=1S/C29H17N5/c1-2-7-18(8-3-1)33-24-10-5-4-9-19(24)21-15-22-20(16-27(21)33)23-17-30-14-12-25(23)34-26-11-6-13-31-28(26)32-29(22)34/h1-17H. The molecule has 0 saturated heterocycles. The number of hydrogen-bond donors (Lipinski definition) is 0. The van der Waals surface area contributed by atoms with E-state index in [0.29, 0.717) is 0 Å². The Morgan fingerprint density at radius 3 is 2.35 bits per heavy atom. The monoisotopic (exact) mass is 435 g/mol. The Morgan fingerprint density at radius 2 is 1.41 bits per heavy atom. The molecular weight excluding hydrogens is 418 g/mol. The summed E-state index contributed by atoms with van der Waals surface area (Å²) in [6, 6.07) is 29.8. The molecule has 0 unspecified atom stereocenters. The van der Waals surface area contributed by atoms with Crippen LogP contribution in [0.15, 0.2) is 104 Å². The third kappa shape index (κ3) is 2.20. The summed E-state index contributed by atoms with van der Waals surface area (Å²) in [7, 11) is 0. The second-order valence-corrected chi connectivity index (χ2v) is 8.61. The van der Waals surface area contributed by atoms with E-state index in [1.807, 2.05) is 18.5 Å². The minimum atomic E-state index is 0.750. The first-order chi connectivity index (χ1) is 16.9. The first-order valence-electron chi connectivity index (χ1n) is 11.3. The molecular formula is C29H17N5. The minimum absolute atomic E-state index is 0.750. The van der Waals surface area contributed by atoms with Gasteiger partial charge in [0.2, 0.25) is 0 Å². The lowest BCUT2D eigenvalue weighted by Gasteiger charge is -2.11. The smallest absolute Gasteiger partial charge is 0.178 e. The van der Waals surface area contributed by atoms with Crippen LogP contribution in [0.4, 0.5) is 0 Å². The number of fused-ring (bicyclic) bond motifs is 11. The van der Waals surface area contributed by atoms with E-state index in [1.165, 1.54) is 21.8 Å². The average molecular weight is 435 g/mol. The molecule has 0 radical (unpaired) electrons. The molecule has 3 aromatic carbocycles. The number of rotatable bonds is 1. The van der Waals surface area contributed by atoms with Gasteiger partial charge in [-0.1, -0.05) is 36.4 Å². The second kappa shape index (κ2) is 6.39. The molecule has 0 N–H and O–H groups in total. The van der Waals surface area contributed by atoms with Gasteiger partial charge in [-0.15, -0.1) is 0 Å². The van der Waals surface area contributed by atoms with E-state index in [1.54, 1.807) is 6.20 Å². The normalized spacial score (nSPS) is 12.1. The molecule has 8 aromatic rings. The molecule has 0 aliphatic rings. The molecule has 0 atom stereocenters. The number of aromatic nitrogens is 5. The first-order valence-corrected chi connectivity index (χ1v) is 11.3. The van der Waals surface area contributed by atoms with E-state index in [4.69, 9.17) is 4.98 Å². The number of para-hydroxylation sites is 2. The Labute approximate surface area is 193 Å². The summed E-state index contributed by atoms with van der Waals surface area (Å²) in [6.45, 7) is 0. The van der Waals surface area contributed by atoms with Crippen molar-refractivity contribution in [1.82, 2.24) is 23.9 Å². The molecule has 34 heavy (non-hydrogen) atoms. The molecule has 0 saturated carbocycles. The Bertz CT molecular complexity index is 2070. The Morgan fingerprint density at radius 1 is 0.559 bits per heavy atom. The van der Waals surface area contributed by atoms with Crippen LogP contribution in [-0.2, 0) is 0 Å². The topological polar surface area (TPSA) is 48.0 Å². The van der Waals surface area contributed by atoms with Gasteiger partial charge in [-0.2, -0.15) is 0 Å². The van der Waals surface area contributed by atoms with Crippen LogP contribution in [0.1, 0.15) is 0 Å². The summed E-state index contributed by atoms with van der Waals surface area (Å²) in [5.74, 6) is 0. The molecule has 0 fully saturated rings. The molecule has 0 aliphatic carbocycles. The zero-order chi connectivity index (χ0) is 22.2. The molecule has 158 valence electrons. The van der Waals surface area contributed by atoms with E-state index in [2.05, 4.69) is 97.8 Å². The SMILES string of the molecule is c1ccc(-n2c3ccccc3c3cc4c(cc32)c2cnccc2n2c3cccnc3nc42)cc1. The Hall–Kier alpha value is -4.77. The predicted molar refractivity (Wildman–Crippen MR) is 138 cm³/mol. The quantitative estimate of drug-likeness (QED) is 0.270. The molecule has 5 nitrogen and oxygen atoms in total. The summed E-state index contributed by atoms with van der Waals surface area (Å²) in [4.78, 5) is 14.0. The highest BCUT2D eigenvalue weighted by Crippen LogP contribution is 2.38. The molecule has 8 rings (SSSR count). The molecule has 5 heterocycles. The lowest BCUT2D eigenvalue weighted by molar-refractivity contribution is 1.18. The number of benzene rings is 3. The fourth-order valence-electron chi connectivity index (χ4n) is 5.41. The summed E-state index contributed by atoms with van der Waals surface area (Å²) < 4.78 is 4.56. The third-order valence-corrected chi connectivity index (χ3v) is 6.83. The fourth-order valence-corrected chi connectivity index (χ4v) is 5.41. The van der Waals surface area contributed by atoms with Crippen LogP contribution in [0.25, 0.3) is 66.0 Å². The van der Waals surface area contributed by atoms with Gasteiger partial charge in [0.05, 0.1) is 22.1 Å². The van der Waals surface area contributed by atoms with Crippen LogP contribution in [-0.4, -0.2) is 23.9 Å². The van der Waals surface area contributed by atoms with Crippen molar-refractivity contribution in [1.29, 1.82) is 0 Å². The van der Waals surface area contributed by atoms with Gasteiger partial charge in [-0.05, 0) is 53.9 Å². The van der Waals surface area contributed by atoms with Gasteiger partial charge < -0.3 is 4.57 Å². The largest absolute Gasteiger partial charge is 0.309 e. The van der Waals surface area contributed by atoms with Crippen molar-refractivity contribution in [2.24, 2.45) is 0 Å². The highest BCUT2D eigenvalue weighted by molar-refractivity contribution is 6.21. The molecule has 0 bridgehead atoms. The molecule has 0 aliphatic heterocycles. The third-order valence-electron chi connectivity index (χ3n) is 6.83. The molecule has 5 heteroatoms. The fraction of sp³-hybridized carbons (Fsp3) is 0. The maximum Gasteiger partial charge on any atom is 0.178 e. The number of nitrogens with zero attached hydrogens (tertiary/aromatic N) is 5. The van der Waals surface area contributed by atoms with E-state index in [9.17, 15) is 0 Å². The predicted octanol–water partition coefficient (Wildman–Crippen LogP) is 6.68. The van der Waals surface area contributed by atoms with Crippen molar-refractivity contribution in [3.8, 4) is 5.69 Å². The van der Waals surface area contributed by atoms with Crippen LogP contribution in [0.3, 0.4) is 0 Å². The zero-order valence-corrected chi connectivity index (χ0v) is 18.1. The maximum absolute atomic E-state index is 4.97. The van der Waals surface area contributed by atoms with E-state index < -0.39 is 0 Å². The van der Waals surface area contributed by atoms with Gasteiger partial charge in [-0.3, -0.25) is 9.38 Å². The summed E-state index contributed by atoms with van der Waals surface area (Å²) >= 11 is 0. The van der Waals surface area contributed by atoms with Crippen LogP contribution < -0.4 is 0 Å². The Balaban J connectivity index is 1.67. The van der Waals surface area contributed by atoms with E-state index in [-0.39, 0.29) is 0 Å². The number of hydrogen-bond acceptors (Lipinski definition) is 3. The van der Waals surface area contributed by atoms with Crippen LogP contribution in [0, 0.1) is 0 Å². The van der Waals surface area contributed by atoms with Crippen LogP contribution in [0.5, 0.6) is 0 Å². The van der Waals surface area contributed by atoms with Gasteiger partial charge in [0.25, 0.3) is 0 Å². The van der Waals surface area contributed by atoms with Gasteiger partial charge in [-0.25, -0.2) is 9.97 Å². The van der Waals surface area contributed by atoms with Crippen molar-refractivity contribution < 1.29 is 0 Å². The van der Waals surface area contributed by atoms with Crippen molar-refractivity contribution >= 4 is 60.3 Å². The minimum Gasteiger partial charge on any atom is -0.309 e. The van der Waals surface area contributed by atoms with Crippen molar-refractivity contribution in [2.75, 3.05) is 0 Å². The van der Waals surface area contributed by atoms with Crippen molar-refractivity contribution in [3.05, 3.63) is 104 Å². The summed E-state index contributed by atoms with van der Waals surface area (Å²) in [5.41, 5.74) is 7.25. The van der Waals surface area contributed by atoms with Gasteiger partial charge in [0, 0.05) is 45.8 Å².